The van der Waals surface area contributed by atoms with E-state index in [0.29, 0.717) is 0 Å². The number of hydrogen-bond donors (Lipinski definition) is 3. The molecule has 0 aromatic heterocycles. The summed E-state index contributed by atoms with van der Waals surface area (Å²) in [5, 5.41) is 14.6. The van der Waals surface area contributed by atoms with Gasteiger partial charge >= 0.3 is 6.18 Å². The molecule has 1 saturated heterocycles. The number of nitrogens with one attached hydrogen (secondary N) is 1. The summed E-state index contributed by atoms with van der Waals surface area (Å²) in [7, 11) is -0.165. The maximum absolute atomic E-state index is 14.6. The maximum atomic E-state index is 14.6. The second-order valence-electron chi connectivity index (χ2n) is 11.2. The van der Waals surface area contributed by atoms with Gasteiger partial charge in [-0.2, -0.15) is 13.2 Å². The second-order valence-corrected chi connectivity index (χ2v) is 12.7. The number of rotatable bonds is 9. The first-order chi connectivity index (χ1) is 18.1. The first-order valence-electron chi connectivity index (χ1n) is 12.8. The van der Waals surface area contributed by atoms with Crippen molar-refractivity contribution in [2.75, 3.05) is 31.0 Å². The molecule has 6 atom stereocenters. The Hall–Kier alpha value is -2.21. The van der Waals surface area contributed by atoms with Crippen LogP contribution in [0.3, 0.4) is 0 Å². The third-order valence-corrected chi connectivity index (χ3v) is 8.51. The molecule has 11 heteroatoms. The molecule has 0 saturated carbocycles. The molecule has 218 valence electrons. The van der Waals surface area contributed by atoms with Crippen LogP contribution in [0.15, 0.2) is 36.4 Å². The fourth-order valence-electron chi connectivity index (χ4n) is 4.72. The van der Waals surface area contributed by atoms with E-state index < -0.39 is 65.0 Å². The van der Waals surface area contributed by atoms with Crippen LogP contribution >= 0.6 is 0 Å². The van der Waals surface area contributed by atoms with Crippen molar-refractivity contribution in [2.45, 2.75) is 70.0 Å². The highest BCUT2D eigenvalue weighted by atomic mass is 32.2. The van der Waals surface area contributed by atoms with Crippen molar-refractivity contribution in [3.05, 3.63) is 58.9 Å². The molecular formula is C28H38F4N2O4S. The standard InChI is InChI=1S/C28H38F4N2O4S/c1-16(18-7-6-8-20(12-18)27(2,3)4)34-22-15-39(36)14-19(26(22)35)9-17-10-21(29)25(33)23(11-17)38-24(13-37-5)28(30,31)32/h6-8,10-12,16,19,22,24,26,34-35H,9,13-15,33H2,1-5H3/t16-,19-,22+,24-,26+,39-/m1/s1. The molecule has 0 unspecified atom stereocenters. The molecule has 2 aromatic rings. The van der Waals surface area contributed by atoms with Crippen LogP contribution in [-0.4, -0.2) is 59.0 Å². The van der Waals surface area contributed by atoms with Crippen molar-refractivity contribution in [1.82, 2.24) is 5.32 Å². The Morgan fingerprint density at radius 1 is 1.18 bits per heavy atom. The predicted octanol–water partition coefficient (Wildman–Crippen LogP) is 4.66. The Labute approximate surface area is 229 Å². The molecule has 1 fully saturated rings. The first-order valence-corrected chi connectivity index (χ1v) is 14.3. The van der Waals surface area contributed by atoms with E-state index in [1.807, 2.05) is 19.1 Å². The van der Waals surface area contributed by atoms with Gasteiger partial charge in [-0.25, -0.2) is 4.39 Å². The van der Waals surface area contributed by atoms with Crippen LogP contribution in [-0.2, 0) is 27.4 Å². The molecule has 0 radical (unpaired) electrons. The quantitative estimate of drug-likeness (QED) is 0.298. The normalized spacial score (nSPS) is 23.8. The number of aliphatic hydroxyl groups is 1. The van der Waals surface area contributed by atoms with Gasteiger partial charge in [0, 0.05) is 47.4 Å². The largest absolute Gasteiger partial charge is 0.476 e. The summed E-state index contributed by atoms with van der Waals surface area (Å²) < 4.78 is 76.9. The fourth-order valence-corrected chi connectivity index (χ4v) is 6.34. The van der Waals surface area contributed by atoms with E-state index in [-0.39, 0.29) is 34.9 Å². The Bertz CT molecular complexity index is 1160. The van der Waals surface area contributed by atoms with Crippen LogP contribution in [0.2, 0.25) is 0 Å². The number of hydrogen-bond acceptors (Lipinski definition) is 6. The molecule has 0 amide bonds. The molecule has 0 bridgehead atoms. The van der Waals surface area contributed by atoms with Crippen LogP contribution in [0.4, 0.5) is 23.2 Å². The fraction of sp³-hybridized carbons (Fsp3) is 0.571. The molecule has 0 spiro atoms. The lowest BCUT2D eigenvalue weighted by Gasteiger charge is -2.37. The summed E-state index contributed by atoms with van der Waals surface area (Å²) in [5.74, 6) is -1.51. The number of methoxy groups -OCH3 is 1. The number of nitrogen functional groups attached to an aromatic ring is 1. The van der Waals surface area contributed by atoms with Crippen LogP contribution in [0.5, 0.6) is 5.75 Å². The summed E-state index contributed by atoms with van der Waals surface area (Å²) in [4.78, 5) is 0. The zero-order valence-electron chi connectivity index (χ0n) is 22.8. The Balaban J connectivity index is 1.78. The monoisotopic (exact) mass is 574 g/mol. The van der Waals surface area contributed by atoms with Crippen molar-refractivity contribution in [2.24, 2.45) is 5.92 Å². The van der Waals surface area contributed by atoms with Gasteiger partial charge in [0.2, 0.25) is 6.10 Å². The number of aliphatic hydroxyl groups excluding tert-OH is 1. The third-order valence-electron chi connectivity index (χ3n) is 6.98. The van der Waals surface area contributed by atoms with Gasteiger partial charge in [0.25, 0.3) is 0 Å². The van der Waals surface area contributed by atoms with Gasteiger partial charge in [-0.15, -0.1) is 0 Å². The second kappa shape index (κ2) is 12.5. The van der Waals surface area contributed by atoms with Crippen LogP contribution in [0.25, 0.3) is 0 Å². The summed E-state index contributed by atoms with van der Waals surface area (Å²) in [5.41, 5.74) is 7.56. The van der Waals surface area contributed by atoms with E-state index in [1.165, 1.54) is 11.6 Å². The molecule has 0 aliphatic carbocycles. The van der Waals surface area contributed by atoms with Gasteiger partial charge in [-0.3, -0.25) is 4.21 Å². The molecule has 1 aliphatic rings. The topological polar surface area (TPSA) is 93.8 Å². The predicted molar refractivity (Wildman–Crippen MR) is 145 cm³/mol. The minimum Gasteiger partial charge on any atom is -0.476 e. The molecule has 1 heterocycles. The van der Waals surface area contributed by atoms with E-state index in [1.54, 1.807) is 0 Å². The van der Waals surface area contributed by atoms with Crippen molar-refractivity contribution in [3.63, 3.8) is 0 Å². The van der Waals surface area contributed by atoms with Gasteiger partial charge in [0.05, 0.1) is 12.7 Å². The zero-order valence-corrected chi connectivity index (χ0v) is 23.7. The van der Waals surface area contributed by atoms with E-state index in [4.69, 9.17) is 10.5 Å². The highest BCUT2D eigenvalue weighted by Gasteiger charge is 2.42. The third kappa shape index (κ3) is 8.15. The minimum absolute atomic E-state index is 0.0344. The van der Waals surface area contributed by atoms with Crippen molar-refractivity contribution < 1.29 is 36.4 Å². The zero-order chi connectivity index (χ0) is 29.1. The Morgan fingerprint density at radius 2 is 1.87 bits per heavy atom. The molecule has 4 N–H and O–H groups in total. The van der Waals surface area contributed by atoms with E-state index in [0.717, 1.165) is 18.7 Å². The lowest BCUT2D eigenvalue weighted by atomic mass is 9.85. The lowest BCUT2D eigenvalue weighted by molar-refractivity contribution is -0.206. The van der Waals surface area contributed by atoms with Gasteiger partial charge in [-0.1, -0.05) is 45.0 Å². The van der Waals surface area contributed by atoms with Gasteiger partial charge in [-0.05, 0) is 47.6 Å². The highest BCUT2D eigenvalue weighted by molar-refractivity contribution is 7.85. The average Bonchev–Trinajstić information content (AvgIpc) is 2.83. The van der Waals surface area contributed by atoms with E-state index >= 15 is 0 Å². The summed E-state index contributed by atoms with van der Waals surface area (Å²) in [6.45, 7) is 7.55. The number of halogens is 4. The summed E-state index contributed by atoms with van der Waals surface area (Å²) >= 11 is 0. The van der Waals surface area contributed by atoms with Crippen molar-refractivity contribution in [3.8, 4) is 5.75 Å². The number of ether oxygens (including phenoxy) is 2. The van der Waals surface area contributed by atoms with Gasteiger partial charge in [0.1, 0.15) is 17.3 Å². The molecule has 1 aliphatic heterocycles. The smallest absolute Gasteiger partial charge is 0.427 e. The number of benzene rings is 2. The van der Waals surface area contributed by atoms with Gasteiger partial charge < -0.3 is 25.6 Å². The molecule has 3 rings (SSSR count). The molecule has 6 nitrogen and oxygen atoms in total. The van der Waals surface area contributed by atoms with Crippen molar-refractivity contribution in [1.29, 1.82) is 0 Å². The average molecular weight is 575 g/mol. The van der Waals surface area contributed by atoms with E-state index in [9.17, 15) is 26.9 Å². The lowest BCUT2D eigenvalue weighted by Crippen LogP contribution is -2.53. The molecule has 2 aromatic carbocycles. The summed E-state index contributed by atoms with van der Waals surface area (Å²) in [6.07, 6.45) is -7.93. The first kappa shape index (κ1) is 31.3. The van der Waals surface area contributed by atoms with Crippen LogP contribution < -0.4 is 15.8 Å². The molecular weight excluding hydrogens is 536 g/mol. The van der Waals surface area contributed by atoms with Crippen molar-refractivity contribution >= 4 is 16.5 Å². The summed E-state index contributed by atoms with van der Waals surface area (Å²) in [6, 6.07) is 9.85. The maximum Gasteiger partial charge on any atom is 0.427 e. The Kier molecular flexibility index (Phi) is 10.1. The minimum atomic E-state index is -4.76. The molecule has 39 heavy (non-hydrogen) atoms. The number of nitrogens with two attached hydrogens (primary N) is 1. The highest BCUT2D eigenvalue weighted by Crippen LogP contribution is 2.34. The number of anilines is 1. The van der Waals surface area contributed by atoms with E-state index in [2.05, 4.69) is 43.0 Å². The van der Waals surface area contributed by atoms with Gasteiger partial charge in [0.15, 0.2) is 0 Å². The Morgan fingerprint density at radius 3 is 2.49 bits per heavy atom. The SMILES string of the molecule is COC[C@@H](Oc1cc(C[C@@H]2C[S@@](=O)C[C@H](N[C@H](C)c3cccc(C(C)(C)C)c3)[C@H]2O)cc(F)c1N)C(F)(F)F. The van der Waals surface area contributed by atoms with Crippen LogP contribution in [0, 0.1) is 11.7 Å². The van der Waals surface area contributed by atoms with Crippen LogP contribution in [0.1, 0.15) is 50.4 Å². The number of alkyl halides is 3.